The number of ether oxygens (including phenoxy) is 2. The molecule has 0 aromatic carbocycles. The van der Waals surface area contributed by atoms with E-state index in [0.29, 0.717) is 18.8 Å². The molecule has 0 radical (unpaired) electrons. The van der Waals surface area contributed by atoms with E-state index in [4.69, 9.17) is 9.47 Å². The van der Waals surface area contributed by atoms with Crippen LogP contribution >= 0.6 is 0 Å². The van der Waals surface area contributed by atoms with E-state index < -0.39 is 17.2 Å². The molecule has 2 aromatic rings. The van der Waals surface area contributed by atoms with Crippen molar-refractivity contribution in [2.24, 2.45) is 14.1 Å². The fourth-order valence-corrected chi connectivity index (χ4v) is 2.32. The Kier molecular flexibility index (Phi) is 3.99. The highest BCUT2D eigenvalue weighted by Crippen LogP contribution is 2.16. The standard InChI is InChI=1S/C13H17N3O5/c1-14-10-8(11(17)15(2)13(14)19)7-9(12(18)21-4)16(10)5-6-20-3/h7H,5-6H2,1-4H3. The average Bonchev–Trinajstić information content (AvgIpc) is 2.87. The van der Waals surface area contributed by atoms with Gasteiger partial charge in [0.1, 0.15) is 11.3 Å². The Balaban J connectivity index is 2.90. The summed E-state index contributed by atoms with van der Waals surface area (Å²) in [5.41, 5.74) is -0.321. The number of fused-ring (bicyclic) bond motifs is 1. The van der Waals surface area contributed by atoms with Crippen molar-refractivity contribution in [3.8, 4) is 0 Å². The van der Waals surface area contributed by atoms with E-state index in [2.05, 4.69) is 0 Å². The lowest BCUT2D eigenvalue weighted by Gasteiger charge is -2.11. The van der Waals surface area contributed by atoms with Crippen LogP contribution in [-0.4, -0.2) is 40.5 Å². The second kappa shape index (κ2) is 5.57. The van der Waals surface area contributed by atoms with E-state index in [1.165, 1.54) is 31.9 Å². The molecule has 2 rings (SSSR count). The molecule has 0 saturated carbocycles. The van der Waals surface area contributed by atoms with E-state index >= 15 is 0 Å². The first-order valence-electron chi connectivity index (χ1n) is 6.30. The number of hydrogen-bond donors (Lipinski definition) is 0. The van der Waals surface area contributed by atoms with E-state index in [9.17, 15) is 14.4 Å². The van der Waals surface area contributed by atoms with Crippen molar-refractivity contribution in [3.05, 3.63) is 32.6 Å². The maximum atomic E-state index is 12.2. The van der Waals surface area contributed by atoms with Gasteiger partial charge in [0.15, 0.2) is 0 Å². The molecule has 0 N–H and O–H groups in total. The summed E-state index contributed by atoms with van der Waals surface area (Å²) in [7, 11) is 5.74. The van der Waals surface area contributed by atoms with E-state index in [1.54, 1.807) is 11.6 Å². The summed E-state index contributed by atoms with van der Waals surface area (Å²) >= 11 is 0. The molecule has 0 atom stereocenters. The van der Waals surface area contributed by atoms with Gasteiger partial charge in [0.2, 0.25) is 0 Å². The van der Waals surface area contributed by atoms with Gasteiger partial charge in [-0.25, -0.2) is 9.59 Å². The largest absolute Gasteiger partial charge is 0.464 e. The van der Waals surface area contributed by atoms with Gasteiger partial charge in [-0.15, -0.1) is 0 Å². The number of rotatable bonds is 4. The smallest absolute Gasteiger partial charge is 0.354 e. The Hall–Kier alpha value is -2.35. The number of carbonyl (C=O) groups is 1. The summed E-state index contributed by atoms with van der Waals surface area (Å²) in [5, 5.41) is 0.288. The Labute approximate surface area is 120 Å². The van der Waals surface area contributed by atoms with Crippen molar-refractivity contribution in [1.29, 1.82) is 0 Å². The van der Waals surface area contributed by atoms with Gasteiger partial charge in [-0.1, -0.05) is 0 Å². The Bertz CT molecular complexity index is 812. The zero-order valence-electron chi connectivity index (χ0n) is 12.4. The molecule has 2 aromatic heterocycles. The quantitative estimate of drug-likeness (QED) is 0.708. The Morgan fingerprint density at radius 1 is 1.19 bits per heavy atom. The molecule has 0 saturated heterocycles. The minimum absolute atomic E-state index is 0.211. The molecule has 0 bridgehead atoms. The highest BCUT2D eigenvalue weighted by molar-refractivity contribution is 5.94. The molecular weight excluding hydrogens is 278 g/mol. The first-order valence-corrected chi connectivity index (χ1v) is 6.30. The molecule has 114 valence electrons. The van der Waals surface area contributed by atoms with Gasteiger partial charge in [0.25, 0.3) is 5.56 Å². The van der Waals surface area contributed by atoms with Crippen LogP contribution in [0.3, 0.4) is 0 Å². The summed E-state index contributed by atoms with van der Waals surface area (Å²) in [6.07, 6.45) is 0. The minimum Gasteiger partial charge on any atom is -0.464 e. The Morgan fingerprint density at radius 2 is 1.86 bits per heavy atom. The van der Waals surface area contributed by atoms with Crippen molar-refractivity contribution >= 4 is 17.0 Å². The number of methoxy groups -OCH3 is 2. The first kappa shape index (κ1) is 15.0. The molecule has 0 aliphatic carbocycles. The molecule has 0 unspecified atom stereocenters. The van der Waals surface area contributed by atoms with Gasteiger partial charge in [-0.3, -0.25) is 13.9 Å². The van der Waals surface area contributed by atoms with Gasteiger partial charge in [-0.05, 0) is 6.07 Å². The fraction of sp³-hybridized carbons (Fsp3) is 0.462. The normalized spacial score (nSPS) is 11.0. The van der Waals surface area contributed by atoms with Gasteiger partial charge < -0.3 is 14.0 Å². The van der Waals surface area contributed by atoms with Crippen LogP contribution in [-0.2, 0) is 30.1 Å². The molecule has 21 heavy (non-hydrogen) atoms. The predicted molar refractivity (Wildman–Crippen MR) is 75.6 cm³/mol. The minimum atomic E-state index is -0.572. The van der Waals surface area contributed by atoms with Crippen molar-refractivity contribution in [2.45, 2.75) is 6.54 Å². The van der Waals surface area contributed by atoms with Crippen molar-refractivity contribution in [2.75, 3.05) is 20.8 Å². The third kappa shape index (κ3) is 2.27. The molecule has 8 heteroatoms. The highest BCUT2D eigenvalue weighted by Gasteiger charge is 2.21. The number of aromatic nitrogens is 3. The number of carbonyl (C=O) groups excluding carboxylic acids is 1. The van der Waals surface area contributed by atoms with Gasteiger partial charge in [-0.2, -0.15) is 0 Å². The van der Waals surface area contributed by atoms with Crippen molar-refractivity contribution < 1.29 is 14.3 Å². The third-order valence-corrected chi connectivity index (χ3v) is 3.41. The summed E-state index contributed by atoms with van der Waals surface area (Å²) < 4.78 is 13.6. The highest BCUT2D eigenvalue weighted by atomic mass is 16.5. The summed E-state index contributed by atoms with van der Waals surface area (Å²) in [5.74, 6) is -0.572. The van der Waals surface area contributed by atoms with Crippen LogP contribution < -0.4 is 11.2 Å². The van der Waals surface area contributed by atoms with Crippen LogP contribution in [0, 0.1) is 0 Å². The zero-order valence-corrected chi connectivity index (χ0v) is 12.4. The van der Waals surface area contributed by atoms with Gasteiger partial charge in [0, 0.05) is 27.7 Å². The van der Waals surface area contributed by atoms with Crippen LogP contribution in [0.25, 0.3) is 11.0 Å². The topological polar surface area (TPSA) is 84.5 Å². The molecule has 2 heterocycles. The predicted octanol–water partition coefficient (Wildman–Crippen LogP) is -0.528. The first-order chi connectivity index (χ1) is 9.93. The molecular formula is C13H17N3O5. The van der Waals surface area contributed by atoms with Gasteiger partial charge in [0.05, 0.1) is 19.1 Å². The molecule has 0 amide bonds. The summed E-state index contributed by atoms with van der Waals surface area (Å²) in [4.78, 5) is 36.1. The lowest BCUT2D eigenvalue weighted by Crippen LogP contribution is -2.37. The van der Waals surface area contributed by atoms with E-state index in [-0.39, 0.29) is 11.1 Å². The molecule has 0 spiro atoms. The monoisotopic (exact) mass is 295 g/mol. The maximum Gasteiger partial charge on any atom is 0.354 e. The van der Waals surface area contributed by atoms with Crippen LogP contribution in [0.1, 0.15) is 10.5 Å². The van der Waals surface area contributed by atoms with E-state index in [0.717, 1.165) is 4.57 Å². The summed E-state index contributed by atoms with van der Waals surface area (Å²) in [6, 6.07) is 1.44. The van der Waals surface area contributed by atoms with Crippen LogP contribution in [0.2, 0.25) is 0 Å². The van der Waals surface area contributed by atoms with Crippen molar-refractivity contribution in [3.63, 3.8) is 0 Å². The molecule has 0 aliphatic rings. The zero-order chi connectivity index (χ0) is 15.7. The van der Waals surface area contributed by atoms with Gasteiger partial charge >= 0.3 is 11.7 Å². The SMILES string of the molecule is COCCn1c(C(=O)OC)cc2c(=O)n(C)c(=O)n(C)c21. The molecule has 8 nitrogen and oxygen atoms in total. The molecule has 0 fully saturated rings. The van der Waals surface area contributed by atoms with Crippen molar-refractivity contribution in [1.82, 2.24) is 13.7 Å². The lowest BCUT2D eigenvalue weighted by molar-refractivity contribution is 0.0586. The second-order valence-corrected chi connectivity index (χ2v) is 4.61. The lowest BCUT2D eigenvalue weighted by atomic mass is 10.3. The fourth-order valence-electron chi connectivity index (χ4n) is 2.32. The average molecular weight is 295 g/mol. The Morgan fingerprint density at radius 3 is 2.43 bits per heavy atom. The third-order valence-electron chi connectivity index (χ3n) is 3.41. The van der Waals surface area contributed by atoms with Crippen LogP contribution in [0.15, 0.2) is 15.7 Å². The maximum absolute atomic E-state index is 12.2. The van der Waals surface area contributed by atoms with Crippen LogP contribution in [0.5, 0.6) is 0 Å². The number of hydrogen-bond acceptors (Lipinski definition) is 5. The van der Waals surface area contributed by atoms with E-state index in [1.807, 2.05) is 0 Å². The number of nitrogens with zero attached hydrogens (tertiary/aromatic N) is 3. The summed E-state index contributed by atoms with van der Waals surface area (Å²) in [6.45, 7) is 0.655. The number of aryl methyl sites for hydroxylation is 1. The number of esters is 1. The second-order valence-electron chi connectivity index (χ2n) is 4.61. The molecule has 0 aliphatic heterocycles. The van der Waals surface area contributed by atoms with Crippen LogP contribution in [0.4, 0.5) is 0 Å².